The van der Waals surface area contributed by atoms with Crippen molar-refractivity contribution in [2.75, 3.05) is 0 Å². The summed E-state index contributed by atoms with van der Waals surface area (Å²) in [7, 11) is 0. The maximum absolute atomic E-state index is 13.5. The van der Waals surface area contributed by atoms with Gasteiger partial charge in [-0.3, -0.25) is 0 Å². The lowest BCUT2D eigenvalue weighted by Crippen LogP contribution is -2.00. The lowest BCUT2D eigenvalue weighted by molar-refractivity contribution is 0.601. The molecule has 0 aliphatic heterocycles. The Morgan fingerprint density at radius 3 is 3.00 bits per heavy atom. The van der Waals surface area contributed by atoms with E-state index in [0.29, 0.717) is 12.1 Å². The van der Waals surface area contributed by atoms with Crippen LogP contribution in [-0.4, -0.2) is 9.55 Å². The van der Waals surface area contributed by atoms with E-state index in [2.05, 4.69) is 11.1 Å². The average molecular weight is 225 g/mol. The van der Waals surface area contributed by atoms with Crippen LogP contribution in [0.2, 0.25) is 0 Å². The van der Waals surface area contributed by atoms with E-state index in [4.69, 9.17) is 0 Å². The number of aromatic nitrogens is 2. The van der Waals surface area contributed by atoms with Gasteiger partial charge in [0.1, 0.15) is 5.82 Å². The molecule has 0 spiro atoms. The van der Waals surface area contributed by atoms with Crippen LogP contribution in [0.3, 0.4) is 0 Å². The fraction of sp³-hybridized carbons (Fsp3) is 0.0714. The van der Waals surface area contributed by atoms with Crippen LogP contribution in [0.1, 0.15) is 5.56 Å². The second-order valence-electron chi connectivity index (χ2n) is 3.88. The standard InChI is InChI=1S/C14H10FN2/c15-12-6-2-1-5-11(12)9-17-10-16-13-7-3-4-8-14(13)17/h1,3-8,10H,9H2. The molecule has 0 saturated heterocycles. The maximum Gasteiger partial charge on any atom is 0.128 e. The first-order valence-electron chi connectivity index (χ1n) is 5.39. The molecule has 0 aliphatic carbocycles. The van der Waals surface area contributed by atoms with Crippen molar-refractivity contribution in [2.24, 2.45) is 0 Å². The zero-order chi connectivity index (χ0) is 11.7. The predicted octanol–water partition coefficient (Wildman–Crippen LogP) is 3.02. The van der Waals surface area contributed by atoms with Gasteiger partial charge < -0.3 is 4.57 Å². The van der Waals surface area contributed by atoms with Gasteiger partial charge in [-0.15, -0.1) is 0 Å². The van der Waals surface area contributed by atoms with E-state index in [1.54, 1.807) is 18.5 Å². The third-order valence-corrected chi connectivity index (χ3v) is 2.77. The zero-order valence-corrected chi connectivity index (χ0v) is 9.10. The Morgan fingerprint density at radius 1 is 1.24 bits per heavy atom. The normalized spacial score (nSPS) is 10.9. The van der Waals surface area contributed by atoms with E-state index in [0.717, 1.165) is 11.0 Å². The molecule has 1 radical (unpaired) electrons. The third-order valence-electron chi connectivity index (χ3n) is 2.77. The molecule has 0 saturated carbocycles. The Morgan fingerprint density at radius 2 is 2.12 bits per heavy atom. The molecule has 0 unspecified atom stereocenters. The highest BCUT2D eigenvalue weighted by atomic mass is 19.1. The van der Waals surface area contributed by atoms with Crippen LogP contribution >= 0.6 is 0 Å². The quantitative estimate of drug-likeness (QED) is 0.655. The van der Waals surface area contributed by atoms with Crippen molar-refractivity contribution in [3.05, 3.63) is 66.2 Å². The van der Waals surface area contributed by atoms with E-state index in [-0.39, 0.29) is 5.82 Å². The summed E-state index contributed by atoms with van der Waals surface area (Å²) in [5, 5.41) is 0. The highest BCUT2D eigenvalue weighted by Crippen LogP contribution is 2.15. The second-order valence-corrected chi connectivity index (χ2v) is 3.88. The van der Waals surface area contributed by atoms with E-state index < -0.39 is 0 Å². The Labute approximate surface area is 98.3 Å². The van der Waals surface area contributed by atoms with Crippen LogP contribution in [0.4, 0.5) is 4.39 Å². The SMILES string of the molecule is Fc1c[c]ccc1Cn1cnc2ccccc21. The minimum Gasteiger partial charge on any atom is -0.326 e. The van der Waals surface area contributed by atoms with Crippen molar-refractivity contribution in [1.82, 2.24) is 9.55 Å². The summed E-state index contributed by atoms with van der Waals surface area (Å²) in [6.07, 6.45) is 1.74. The summed E-state index contributed by atoms with van der Waals surface area (Å²) in [5.41, 5.74) is 2.59. The number of hydrogen-bond acceptors (Lipinski definition) is 1. The average Bonchev–Trinajstić information content (AvgIpc) is 2.76. The van der Waals surface area contributed by atoms with Gasteiger partial charge in [0, 0.05) is 5.56 Å². The summed E-state index contributed by atoms with van der Waals surface area (Å²) in [4.78, 5) is 4.28. The monoisotopic (exact) mass is 225 g/mol. The molecule has 0 N–H and O–H groups in total. The molecule has 0 fully saturated rings. The molecule has 0 bridgehead atoms. The Hall–Kier alpha value is -2.16. The molecule has 0 aliphatic rings. The molecular weight excluding hydrogens is 215 g/mol. The van der Waals surface area contributed by atoms with Crippen molar-refractivity contribution < 1.29 is 4.39 Å². The molecular formula is C14H10FN2. The third kappa shape index (κ3) is 1.80. The van der Waals surface area contributed by atoms with E-state index in [1.807, 2.05) is 28.8 Å². The minimum absolute atomic E-state index is 0.231. The Kier molecular flexibility index (Phi) is 2.37. The zero-order valence-electron chi connectivity index (χ0n) is 9.10. The van der Waals surface area contributed by atoms with Crippen molar-refractivity contribution >= 4 is 11.0 Å². The number of para-hydroxylation sites is 2. The van der Waals surface area contributed by atoms with Crippen LogP contribution in [0, 0.1) is 11.9 Å². The molecule has 2 aromatic carbocycles. The topological polar surface area (TPSA) is 17.8 Å². The smallest absolute Gasteiger partial charge is 0.128 e. The van der Waals surface area contributed by atoms with E-state index >= 15 is 0 Å². The molecule has 3 aromatic rings. The van der Waals surface area contributed by atoms with Gasteiger partial charge in [-0.25, -0.2) is 9.37 Å². The summed E-state index contributed by atoms with van der Waals surface area (Å²) >= 11 is 0. The molecule has 3 heteroatoms. The van der Waals surface area contributed by atoms with Crippen LogP contribution in [0.5, 0.6) is 0 Å². The number of benzene rings is 2. The van der Waals surface area contributed by atoms with Gasteiger partial charge in [-0.05, 0) is 24.3 Å². The minimum atomic E-state index is -0.231. The maximum atomic E-state index is 13.5. The summed E-state index contributed by atoms with van der Waals surface area (Å²) in [5.74, 6) is -0.231. The number of rotatable bonds is 2. The van der Waals surface area contributed by atoms with Crippen molar-refractivity contribution in [3.8, 4) is 0 Å². The number of halogens is 1. The molecule has 1 aromatic heterocycles. The van der Waals surface area contributed by atoms with Gasteiger partial charge in [0.2, 0.25) is 0 Å². The first-order valence-corrected chi connectivity index (χ1v) is 5.39. The molecule has 0 amide bonds. The number of fused-ring (bicyclic) bond motifs is 1. The number of nitrogens with zero attached hydrogens (tertiary/aromatic N) is 2. The van der Waals surface area contributed by atoms with E-state index in [1.165, 1.54) is 6.07 Å². The number of hydrogen-bond donors (Lipinski definition) is 0. The Balaban J connectivity index is 2.03. The molecule has 3 rings (SSSR count). The van der Waals surface area contributed by atoms with Crippen LogP contribution in [0.15, 0.2) is 48.8 Å². The Bertz CT molecular complexity index is 658. The summed E-state index contributed by atoms with van der Waals surface area (Å²) < 4.78 is 15.5. The highest BCUT2D eigenvalue weighted by Gasteiger charge is 2.05. The van der Waals surface area contributed by atoms with Gasteiger partial charge in [-0.2, -0.15) is 0 Å². The molecule has 17 heavy (non-hydrogen) atoms. The lowest BCUT2D eigenvalue weighted by atomic mass is 10.2. The second kappa shape index (κ2) is 4.01. The molecule has 2 nitrogen and oxygen atoms in total. The molecule has 0 atom stereocenters. The molecule has 83 valence electrons. The van der Waals surface area contributed by atoms with Crippen LogP contribution in [0.25, 0.3) is 11.0 Å². The fourth-order valence-electron chi connectivity index (χ4n) is 1.89. The van der Waals surface area contributed by atoms with E-state index in [9.17, 15) is 4.39 Å². The van der Waals surface area contributed by atoms with Gasteiger partial charge >= 0.3 is 0 Å². The van der Waals surface area contributed by atoms with Crippen LogP contribution < -0.4 is 0 Å². The highest BCUT2D eigenvalue weighted by molar-refractivity contribution is 5.75. The largest absolute Gasteiger partial charge is 0.326 e. The fourth-order valence-corrected chi connectivity index (χ4v) is 1.89. The van der Waals surface area contributed by atoms with Crippen molar-refractivity contribution in [1.29, 1.82) is 0 Å². The summed E-state index contributed by atoms with van der Waals surface area (Å²) in [6.45, 7) is 0.487. The molecule has 1 heterocycles. The van der Waals surface area contributed by atoms with Crippen molar-refractivity contribution in [3.63, 3.8) is 0 Å². The van der Waals surface area contributed by atoms with Crippen LogP contribution in [-0.2, 0) is 6.54 Å². The lowest BCUT2D eigenvalue weighted by Gasteiger charge is -2.05. The predicted molar refractivity (Wildman–Crippen MR) is 64.1 cm³/mol. The van der Waals surface area contributed by atoms with Crippen molar-refractivity contribution in [2.45, 2.75) is 6.54 Å². The number of imidazole rings is 1. The van der Waals surface area contributed by atoms with Gasteiger partial charge in [-0.1, -0.05) is 24.3 Å². The van der Waals surface area contributed by atoms with Gasteiger partial charge in [0.05, 0.1) is 23.9 Å². The first kappa shape index (κ1) is 10.0. The van der Waals surface area contributed by atoms with Gasteiger partial charge in [0.15, 0.2) is 0 Å². The van der Waals surface area contributed by atoms with Gasteiger partial charge in [0.25, 0.3) is 0 Å². The summed E-state index contributed by atoms with van der Waals surface area (Å²) in [6, 6.07) is 15.4. The first-order chi connectivity index (χ1) is 8.34.